The molecule has 2 N–H and O–H groups in total. The van der Waals surface area contributed by atoms with Crippen molar-refractivity contribution >= 4 is 16.6 Å². The number of fused-ring (bicyclic) bond motifs is 1. The van der Waals surface area contributed by atoms with Gasteiger partial charge in [0.2, 0.25) is 0 Å². The van der Waals surface area contributed by atoms with Gasteiger partial charge in [-0.1, -0.05) is 68.4 Å². The van der Waals surface area contributed by atoms with Gasteiger partial charge in [0.15, 0.2) is 0 Å². The molecule has 1 aromatic heterocycles. The Balaban J connectivity index is 1.90. The van der Waals surface area contributed by atoms with Crippen LogP contribution in [0, 0.1) is 5.92 Å². The molecule has 0 amide bonds. The molecule has 0 aliphatic rings. The van der Waals surface area contributed by atoms with E-state index in [1.54, 1.807) is 0 Å². The molecule has 0 atom stereocenters. The van der Waals surface area contributed by atoms with Crippen molar-refractivity contribution in [3.63, 3.8) is 0 Å². The molecule has 0 aliphatic heterocycles. The lowest BCUT2D eigenvalue weighted by Crippen LogP contribution is -2.02. The van der Waals surface area contributed by atoms with E-state index in [1.165, 1.54) is 33.2 Å². The topological polar surface area (TPSA) is 30.9 Å². The highest BCUT2D eigenvalue weighted by atomic mass is 15.0. The zero-order chi connectivity index (χ0) is 18.1. The molecular formula is C24H24N2. The Bertz CT molecular complexity index is 1030. The lowest BCUT2D eigenvalue weighted by atomic mass is 10.0. The van der Waals surface area contributed by atoms with Gasteiger partial charge in [0, 0.05) is 34.9 Å². The zero-order valence-corrected chi connectivity index (χ0v) is 15.3. The third kappa shape index (κ3) is 3.11. The van der Waals surface area contributed by atoms with Gasteiger partial charge in [-0.15, -0.1) is 0 Å². The minimum absolute atomic E-state index is 0.588. The largest absolute Gasteiger partial charge is 0.399 e. The lowest BCUT2D eigenvalue weighted by Gasteiger charge is -2.09. The Morgan fingerprint density at radius 3 is 2.19 bits per heavy atom. The molecule has 0 saturated heterocycles. The van der Waals surface area contributed by atoms with Crippen LogP contribution in [0.15, 0.2) is 79.0 Å². The third-order valence-electron chi connectivity index (χ3n) is 4.77. The fourth-order valence-corrected chi connectivity index (χ4v) is 3.54. The second-order valence-electron chi connectivity index (χ2n) is 7.31. The average Bonchev–Trinajstić information content (AvgIpc) is 3.00. The van der Waals surface area contributed by atoms with Gasteiger partial charge in [-0.3, -0.25) is 0 Å². The number of rotatable bonds is 4. The molecule has 2 nitrogen and oxygen atoms in total. The van der Waals surface area contributed by atoms with E-state index >= 15 is 0 Å². The number of hydrogen-bond donors (Lipinski definition) is 1. The monoisotopic (exact) mass is 340 g/mol. The van der Waals surface area contributed by atoms with Gasteiger partial charge in [-0.25, -0.2) is 0 Å². The molecule has 0 unspecified atom stereocenters. The van der Waals surface area contributed by atoms with Crippen LogP contribution in [0.1, 0.15) is 13.8 Å². The second kappa shape index (κ2) is 6.72. The highest BCUT2D eigenvalue weighted by Crippen LogP contribution is 2.34. The van der Waals surface area contributed by atoms with E-state index in [-0.39, 0.29) is 0 Å². The van der Waals surface area contributed by atoms with Crippen LogP contribution in [0.3, 0.4) is 0 Å². The molecular weight excluding hydrogens is 316 g/mol. The van der Waals surface area contributed by atoms with Crippen molar-refractivity contribution in [1.29, 1.82) is 0 Å². The van der Waals surface area contributed by atoms with Crippen molar-refractivity contribution in [2.75, 3.05) is 5.73 Å². The maximum absolute atomic E-state index is 5.87. The number of anilines is 1. The molecule has 0 fully saturated rings. The summed E-state index contributed by atoms with van der Waals surface area (Å²) in [5.41, 5.74) is 12.9. The van der Waals surface area contributed by atoms with Crippen LogP contribution in [0.2, 0.25) is 0 Å². The summed E-state index contributed by atoms with van der Waals surface area (Å²) in [6.07, 6.45) is 2.28. The fourth-order valence-electron chi connectivity index (χ4n) is 3.54. The highest BCUT2D eigenvalue weighted by Gasteiger charge is 2.12. The Morgan fingerprint density at radius 1 is 0.808 bits per heavy atom. The number of nitrogens with two attached hydrogens (primary N) is 1. The van der Waals surface area contributed by atoms with Gasteiger partial charge in [0.1, 0.15) is 0 Å². The van der Waals surface area contributed by atoms with E-state index in [0.29, 0.717) is 5.92 Å². The summed E-state index contributed by atoms with van der Waals surface area (Å²) in [4.78, 5) is 0. The molecule has 26 heavy (non-hydrogen) atoms. The molecule has 0 radical (unpaired) electrons. The van der Waals surface area contributed by atoms with Gasteiger partial charge >= 0.3 is 0 Å². The third-order valence-corrected chi connectivity index (χ3v) is 4.77. The predicted molar refractivity (Wildman–Crippen MR) is 112 cm³/mol. The first-order valence-corrected chi connectivity index (χ1v) is 9.16. The zero-order valence-electron chi connectivity index (χ0n) is 15.3. The summed E-state index contributed by atoms with van der Waals surface area (Å²) in [6, 6.07) is 25.5. The molecule has 1 heterocycles. The number of aromatic nitrogens is 1. The Hall–Kier alpha value is -3.00. The number of benzene rings is 3. The Morgan fingerprint density at radius 2 is 1.50 bits per heavy atom. The van der Waals surface area contributed by atoms with Crippen LogP contribution < -0.4 is 5.73 Å². The maximum Gasteiger partial charge on any atom is 0.0493 e. The van der Waals surface area contributed by atoms with Gasteiger partial charge in [0.25, 0.3) is 0 Å². The minimum Gasteiger partial charge on any atom is -0.399 e. The molecule has 0 aliphatic carbocycles. The van der Waals surface area contributed by atoms with E-state index in [2.05, 4.69) is 85.3 Å². The summed E-state index contributed by atoms with van der Waals surface area (Å²) in [5, 5.41) is 1.29. The Labute approximate surface area is 154 Å². The quantitative estimate of drug-likeness (QED) is 0.440. The van der Waals surface area contributed by atoms with E-state index in [4.69, 9.17) is 5.73 Å². The molecule has 2 heteroatoms. The Kier molecular flexibility index (Phi) is 4.26. The molecule has 4 rings (SSSR count). The van der Waals surface area contributed by atoms with Crippen LogP contribution in [0.5, 0.6) is 0 Å². The summed E-state index contributed by atoms with van der Waals surface area (Å²) < 4.78 is 2.39. The molecule has 0 spiro atoms. The van der Waals surface area contributed by atoms with Crippen LogP contribution in [-0.4, -0.2) is 4.57 Å². The fraction of sp³-hybridized carbons (Fsp3) is 0.167. The number of nitrogen functional groups attached to an aromatic ring is 1. The average molecular weight is 340 g/mol. The van der Waals surface area contributed by atoms with Gasteiger partial charge in [-0.05, 0) is 40.8 Å². The first kappa shape index (κ1) is 16.5. The molecule has 0 bridgehead atoms. The molecule has 0 saturated carbocycles. The van der Waals surface area contributed by atoms with Crippen LogP contribution in [0.25, 0.3) is 33.2 Å². The van der Waals surface area contributed by atoms with Crippen molar-refractivity contribution in [1.82, 2.24) is 4.57 Å². The van der Waals surface area contributed by atoms with Crippen molar-refractivity contribution in [2.24, 2.45) is 5.92 Å². The summed E-state index contributed by atoms with van der Waals surface area (Å²) in [6.45, 7) is 5.52. The maximum atomic E-state index is 5.87. The van der Waals surface area contributed by atoms with Crippen LogP contribution >= 0.6 is 0 Å². The van der Waals surface area contributed by atoms with Crippen molar-refractivity contribution in [3.05, 3.63) is 79.0 Å². The smallest absolute Gasteiger partial charge is 0.0493 e. The lowest BCUT2D eigenvalue weighted by molar-refractivity contribution is 0.535. The van der Waals surface area contributed by atoms with Crippen molar-refractivity contribution < 1.29 is 0 Å². The van der Waals surface area contributed by atoms with Crippen molar-refractivity contribution in [2.45, 2.75) is 20.4 Å². The second-order valence-corrected chi connectivity index (χ2v) is 7.31. The van der Waals surface area contributed by atoms with E-state index in [0.717, 1.165) is 12.2 Å². The SMILES string of the molecule is CC(C)Cn1cc(-c2ccc(N)cc2)c2ccc(-c3ccccc3)cc21. The minimum atomic E-state index is 0.588. The summed E-state index contributed by atoms with van der Waals surface area (Å²) >= 11 is 0. The van der Waals surface area contributed by atoms with Crippen molar-refractivity contribution in [3.8, 4) is 22.3 Å². The number of hydrogen-bond acceptors (Lipinski definition) is 1. The number of nitrogens with zero attached hydrogens (tertiary/aromatic N) is 1. The van der Waals surface area contributed by atoms with E-state index < -0.39 is 0 Å². The van der Waals surface area contributed by atoms with Gasteiger partial charge in [-0.2, -0.15) is 0 Å². The first-order chi connectivity index (χ1) is 12.6. The highest BCUT2D eigenvalue weighted by molar-refractivity contribution is 5.98. The summed E-state index contributed by atoms with van der Waals surface area (Å²) in [5.74, 6) is 0.588. The van der Waals surface area contributed by atoms with Crippen LogP contribution in [-0.2, 0) is 6.54 Å². The molecule has 130 valence electrons. The van der Waals surface area contributed by atoms with E-state index in [1.807, 2.05) is 12.1 Å². The predicted octanol–water partition coefficient (Wildman–Crippen LogP) is 6.21. The van der Waals surface area contributed by atoms with Gasteiger partial charge in [0.05, 0.1) is 0 Å². The standard InChI is InChI=1S/C24H24N2/c1-17(2)15-26-16-23(19-8-11-21(25)12-9-19)22-13-10-20(14-24(22)26)18-6-4-3-5-7-18/h3-14,16-17H,15,25H2,1-2H3. The molecule has 4 aromatic rings. The van der Waals surface area contributed by atoms with Gasteiger partial charge < -0.3 is 10.3 Å². The first-order valence-electron chi connectivity index (χ1n) is 9.16. The molecule has 3 aromatic carbocycles. The summed E-state index contributed by atoms with van der Waals surface area (Å²) in [7, 11) is 0. The normalized spacial score (nSPS) is 11.3. The van der Waals surface area contributed by atoms with E-state index in [9.17, 15) is 0 Å². The van der Waals surface area contributed by atoms with Crippen LogP contribution in [0.4, 0.5) is 5.69 Å².